The highest BCUT2D eigenvalue weighted by Gasteiger charge is 2.13. The van der Waals surface area contributed by atoms with Crippen molar-refractivity contribution in [1.82, 2.24) is 15.3 Å². The van der Waals surface area contributed by atoms with Crippen LogP contribution >= 0.6 is 11.3 Å². The maximum atomic E-state index is 5.46. The van der Waals surface area contributed by atoms with Crippen molar-refractivity contribution in [2.45, 2.75) is 27.3 Å². The van der Waals surface area contributed by atoms with Gasteiger partial charge in [-0.15, -0.1) is 11.3 Å². The second kappa shape index (κ2) is 4.76. The summed E-state index contributed by atoms with van der Waals surface area (Å²) in [5.41, 5.74) is 1.92. The lowest BCUT2D eigenvalue weighted by Gasteiger charge is -1.94. The normalized spacial score (nSPS) is 10.9. The fraction of sp³-hybridized carbons (Fsp3) is 0.455. The first-order chi connectivity index (χ1) is 7.70. The van der Waals surface area contributed by atoms with Gasteiger partial charge in [0.25, 0.3) is 0 Å². The highest BCUT2D eigenvalue weighted by Crippen LogP contribution is 2.28. The van der Waals surface area contributed by atoms with E-state index in [0.29, 0.717) is 5.89 Å². The number of nitrogens with zero attached hydrogens (tertiary/aromatic N) is 2. The Kier molecular flexibility index (Phi) is 3.36. The van der Waals surface area contributed by atoms with Crippen molar-refractivity contribution < 1.29 is 4.42 Å². The van der Waals surface area contributed by atoms with Gasteiger partial charge < -0.3 is 9.73 Å². The molecule has 1 N–H and O–H groups in total. The predicted octanol–water partition coefficient (Wildman–Crippen LogP) is 2.52. The van der Waals surface area contributed by atoms with Crippen LogP contribution in [0.15, 0.2) is 10.7 Å². The molecule has 0 aliphatic carbocycles. The minimum absolute atomic E-state index is 0.677. The predicted molar refractivity (Wildman–Crippen MR) is 64.5 cm³/mol. The molecule has 0 aliphatic heterocycles. The van der Waals surface area contributed by atoms with Crippen molar-refractivity contribution in [3.63, 3.8) is 0 Å². The summed E-state index contributed by atoms with van der Waals surface area (Å²) in [5.74, 6) is 0.677. The number of aryl methyl sites for hydroxylation is 2. The van der Waals surface area contributed by atoms with E-state index in [9.17, 15) is 0 Å². The third-order valence-corrected chi connectivity index (χ3v) is 3.27. The first-order valence-electron chi connectivity index (χ1n) is 5.30. The molecule has 0 spiro atoms. The van der Waals surface area contributed by atoms with Crippen LogP contribution < -0.4 is 5.32 Å². The number of aromatic nitrogens is 2. The molecule has 0 aliphatic rings. The van der Waals surface area contributed by atoms with E-state index in [1.807, 2.05) is 13.8 Å². The van der Waals surface area contributed by atoms with Gasteiger partial charge >= 0.3 is 0 Å². The van der Waals surface area contributed by atoms with Gasteiger partial charge in [-0.3, -0.25) is 0 Å². The fourth-order valence-electron chi connectivity index (χ4n) is 1.48. The molecule has 16 heavy (non-hydrogen) atoms. The lowest BCUT2D eigenvalue weighted by Crippen LogP contribution is -2.11. The smallest absolute Gasteiger partial charge is 0.238 e. The third kappa shape index (κ3) is 2.31. The van der Waals surface area contributed by atoms with Crippen LogP contribution in [0.5, 0.6) is 0 Å². The molecule has 2 aromatic rings. The second-order valence-corrected chi connectivity index (χ2v) is 4.77. The number of thiazole rings is 1. The topological polar surface area (TPSA) is 51.0 Å². The average Bonchev–Trinajstić information content (AvgIpc) is 2.82. The fourth-order valence-corrected chi connectivity index (χ4v) is 2.33. The number of oxazole rings is 1. The van der Waals surface area contributed by atoms with E-state index in [4.69, 9.17) is 4.42 Å². The van der Waals surface area contributed by atoms with Crippen LogP contribution in [-0.2, 0) is 6.54 Å². The van der Waals surface area contributed by atoms with Crippen LogP contribution in [0, 0.1) is 13.8 Å². The molecule has 86 valence electrons. The Morgan fingerprint density at radius 3 is 2.81 bits per heavy atom. The monoisotopic (exact) mass is 237 g/mol. The first-order valence-corrected chi connectivity index (χ1v) is 6.12. The number of hydrogen-bond donors (Lipinski definition) is 1. The largest absolute Gasteiger partial charge is 0.443 e. The van der Waals surface area contributed by atoms with Gasteiger partial charge in [-0.1, -0.05) is 6.92 Å². The summed E-state index contributed by atoms with van der Waals surface area (Å²) in [7, 11) is 0. The quantitative estimate of drug-likeness (QED) is 0.887. The summed E-state index contributed by atoms with van der Waals surface area (Å²) < 4.78 is 5.46. The molecule has 0 aromatic carbocycles. The molecule has 0 amide bonds. The lowest BCUT2D eigenvalue weighted by atomic mass is 10.4. The minimum atomic E-state index is 0.677. The van der Waals surface area contributed by atoms with Crippen LogP contribution in [0.25, 0.3) is 10.8 Å². The van der Waals surface area contributed by atoms with E-state index >= 15 is 0 Å². The number of nitrogens with one attached hydrogen (secondary N) is 1. The van der Waals surface area contributed by atoms with Crippen LogP contribution in [0.3, 0.4) is 0 Å². The molecular formula is C11H15N3OS. The Balaban J connectivity index is 2.21. The summed E-state index contributed by atoms with van der Waals surface area (Å²) >= 11 is 1.62. The maximum absolute atomic E-state index is 5.46. The molecule has 0 saturated carbocycles. The maximum Gasteiger partial charge on any atom is 0.238 e. The minimum Gasteiger partial charge on any atom is -0.443 e. The van der Waals surface area contributed by atoms with Gasteiger partial charge in [-0.2, -0.15) is 0 Å². The summed E-state index contributed by atoms with van der Waals surface area (Å²) in [5, 5.41) is 4.26. The molecule has 0 unspecified atom stereocenters. The van der Waals surface area contributed by atoms with Crippen molar-refractivity contribution >= 4 is 11.3 Å². The zero-order chi connectivity index (χ0) is 11.5. The van der Waals surface area contributed by atoms with Crippen molar-refractivity contribution in [3.8, 4) is 10.8 Å². The van der Waals surface area contributed by atoms with E-state index in [1.165, 1.54) is 0 Å². The Morgan fingerprint density at radius 2 is 2.19 bits per heavy atom. The van der Waals surface area contributed by atoms with Gasteiger partial charge in [-0.05, 0) is 20.4 Å². The summed E-state index contributed by atoms with van der Waals surface area (Å²) in [4.78, 5) is 9.82. The van der Waals surface area contributed by atoms with E-state index in [2.05, 4.69) is 22.2 Å². The number of hydrogen-bond acceptors (Lipinski definition) is 5. The molecule has 0 fully saturated rings. The van der Waals surface area contributed by atoms with Crippen LogP contribution in [0.4, 0.5) is 0 Å². The van der Waals surface area contributed by atoms with Gasteiger partial charge in [0.15, 0.2) is 0 Å². The Hall–Kier alpha value is -1.20. The summed E-state index contributed by atoms with van der Waals surface area (Å²) in [6, 6.07) is 0. The molecule has 5 heteroatoms. The Bertz CT molecular complexity index is 475. The third-order valence-electron chi connectivity index (χ3n) is 2.21. The van der Waals surface area contributed by atoms with Gasteiger partial charge in [0.1, 0.15) is 11.1 Å². The standard InChI is InChI=1S/C11H15N3OS/c1-4-12-5-9-6-15-11(14-9)10-7(2)13-8(3)16-10/h6,12H,4-5H2,1-3H3. The molecular weight excluding hydrogens is 222 g/mol. The zero-order valence-electron chi connectivity index (χ0n) is 9.70. The summed E-state index contributed by atoms with van der Waals surface area (Å²) in [6.45, 7) is 7.71. The van der Waals surface area contributed by atoms with E-state index in [1.54, 1.807) is 17.6 Å². The second-order valence-electron chi connectivity index (χ2n) is 3.57. The van der Waals surface area contributed by atoms with Crippen LogP contribution in [0.1, 0.15) is 23.3 Å². The van der Waals surface area contributed by atoms with E-state index < -0.39 is 0 Å². The molecule has 2 rings (SSSR count). The van der Waals surface area contributed by atoms with Gasteiger partial charge in [0.2, 0.25) is 5.89 Å². The number of rotatable bonds is 4. The molecule has 0 atom stereocenters. The molecule has 0 saturated heterocycles. The van der Waals surface area contributed by atoms with E-state index in [0.717, 1.165) is 34.4 Å². The highest BCUT2D eigenvalue weighted by atomic mass is 32.1. The van der Waals surface area contributed by atoms with Crippen molar-refractivity contribution in [1.29, 1.82) is 0 Å². The SMILES string of the molecule is CCNCc1coc(-c2sc(C)nc2C)n1. The average molecular weight is 237 g/mol. The molecule has 0 radical (unpaired) electrons. The van der Waals surface area contributed by atoms with Crippen LogP contribution in [0.2, 0.25) is 0 Å². The van der Waals surface area contributed by atoms with Crippen molar-refractivity contribution in [2.75, 3.05) is 6.54 Å². The van der Waals surface area contributed by atoms with E-state index in [-0.39, 0.29) is 0 Å². The van der Waals surface area contributed by atoms with Gasteiger partial charge in [0.05, 0.1) is 16.4 Å². The molecule has 0 bridgehead atoms. The summed E-state index contributed by atoms with van der Waals surface area (Å²) in [6.07, 6.45) is 1.70. The molecule has 4 nitrogen and oxygen atoms in total. The van der Waals surface area contributed by atoms with Crippen molar-refractivity contribution in [2.24, 2.45) is 0 Å². The van der Waals surface area contributed by atoms with Crippen molar-refractivity contribution in [3.05, 3.63) is 22.7 Å². The van der Waals surface area contributed by atoms with Crippen LogP contribution in [-0.4, -0.2) is 16.5 Å². The Morgan fingerprint density at radius 1 is 1.38 bits per heavy atom. The zero-order valence-corrected chi connectivity index (χ0v) is 10.5. The molecule has 2 heterocycles. The lowest BCUT2D eigenvalue weighted by molar-refractivity contribution is 0.571. The highest BCUT2D eigenvalue weighted by molar-refractivity contribution is 7.15. The van der Waals surface area contributed by atoms with Gasteiger partial charge in [0, 0.05) is 6.54 Å². The first kappa shape index (κ1) is 11.3. The molecule has 2 aromatic heterocycles. The van der Waals surface area contributed by atoms with Gasteiger partial charge in [-0.25, -0.2) is 9.97 Å². The Labute approximate surface area is 98.7 Å².